The van der Waals surface area contributed by atoms with Gasteiger partial charge in [0, 0.05) is 49.8 Å². The predicted octanol–water partition coefficient (Wildman–Crippen LogP) is 5.88. The zero-order chi connectivity index (χ0) is 23.4. The molecule has 0 saturated carbocycles. The molecule has 33 heavy (non-hydrogen) atoms. The SMILES string of the molecule is C[SiH](OCc1cccc(N2CCN(c3ccc(-c4cccnc4)cc3)CC2)c1F)C(C)(C)C. The summed E-state index contributed by atoms with van der Waals surface area (Å²) in [5, 5.41) is 0.167. The monoisotopic (exact) mass is 463 g/mol. The van der Waals surface area contributed by atoms with Crippen LogP contribution in [-0.4, -0.2) is 40.2 Å². The van der Waals surface area contributed by atoms with E-state index < -0.39 is 9.04 Å². The van der Waals surface area contributed by atoms with Crippen molar-refractivity contribution in [1.29, 1.82) is 0 Å². The summed E-state index contributed by atoms with van der Waals surface area (Å²) in [5.74, 6) is -0.137. The number of hydrogen-bond acceptors (Lipinski definition) is 4. The summed E-state index contributed by atoms with van der Waals surface area (Å²) in [4.78, 5) is 8.72. The van der Waals surface area contributed by atoms with Crippen LogP contribution in [0.25, 0.3) is 11.1 Å². The minimum Gasteiger partial charge on any atom is -0.415 e. The van der Waals surface area contributed by atoms with Crippen molar-refractivity contribution >= 4 is 20.4 Å². The van der Waals surface area contributed by atoms with Crippen molar-refractivity contribution in [2.24, 2.45) is 0 Å². The van der Waals surface area contributed by atoms with E-state index in [9.17, 15) is 0 Å². The van der Waals surface area contributed by atoms with Gasteiger partial charge in [-0.1, -0.05) is 51.1 Å². The fourth-order valence-electron chi connectivity index (χ4n) is 3.99. The van der Waals surface area contributed by atoms with E-state index in [1.54, 1.807) is 6.20 Å². The van der Waals surface area contributed by atoms with Crippen molar-refractivity contribution in [3.05, 3.63) is 78.4 Å². The smallest absolute Gasteiger partial charge is 0.179 e. The van der Waals surface area contributed by atoms with Gasteiger partial charge in [-0.2, -0.15) is 0 Å². The molecule has 0 bridgehead atoms. The fraction of sp³-hybridized carbons (Fsp3) is 0.370. The lowest BCUT2D eigenvalue weighted by Crippen LogP contribution is -2.46. The molecule has 2 heterocycles. The van der Waals surface area contributed by atoms with Gasteiger partial charge in [-0.25, -0.2) is 4.39 Å². The van der Waals surface area contributed by atoms with Crippen LogP contribution < -0.4 is 9.80 Å². The summed E-state index contributed by atoms with van der Waals surface area (Å²) in [6.45, 7) is 12.4. The maximum Gasteiger partial charge on any atom is 0.179 e. The molecule has 1 fully saturated rings. The highest BCUT2D eigenvalue weighted by molar-refractivity contribution is 6.53. The number of piperazine rings is 1. The van der Waals surface area contributed by atoms with Gasteiger partial charge in [-0.3, -0.25) is 4.98 Å². The van der Waals surface area contributed by atoms with Crippen LogP contribution in [0.1, 0.15) is 26.3 Å². The van der Waals surface area contributed by atoms with E-state index in [2.05, 4.69) is 72.4 Å². The van der Waals surface area contributed by atoms with E-state index in [-0.39, 0.29) is 10.9 Å². The highest BCUT2D eigenvalue weighted by atomic mass is 28.3. The van der Waals surface area contributed by atoms with Crippen LogP contribution in [0.2, 0.25) is 11.6 Å². The minimum atomic E-state index is -1.39. The highest BCUT2D eigenvalue weighted by Gasteiger charge is 2.25. The average Bonchev–Trinajstić information content (AvgIpc) is 2.83. The van der Waals surface area contributed by atoms with Crippen LogP contribution in [-0.2, 0) is 11.0 Å². The van der Waals surface area contributed by atoms with Gasteiger partial charge in [-0.15, -0.1) is 0 Å². The van der Waals surface area contributed by atoms with Crippen LogP contribution in [0, 0.1) is 5.82 Å². The number of halogens is 1. The molecule has 4 nitrogen and oxygen atoms in total. The van der Waals surface area contributed by atoms with Crippen molar-refractivity contribution in [2.75, 3.05) is 36.0 Å². The number of aromatic nitrogens is 1. The minimum absolute atomic E-state index is 0.137. The summed E-state index contributed by atoms with van der Waals surface area (Å²) in [5.41, 5.74) is 4.83. The Balaban J connectivity index is 1.38. The van der Waals surface area contributed by atoms with Gasteiger partial charge in [-0.05, 0) is 47.0 Å². The first kappa shape index (κ1) is 23.5. The molecule has 0 aliphatic carbocycles. The van der Waals surface area contributed by atoms with Crippen molar-refractivity contribution in [1.82, 2.24) is 4.98 Å². The molecule has 0 radical (unpaired) electrons. The molecule has 6 heteroatoms. The molecule has 1 atom stereocenters. The van der Waals surface area contributed by atoms with Crippen molar-refractivity contribution in [3.8, 4) is 11.1 Å². The Bertz CT molecular complexity index is 1050. The van der Waals surface area contributed by atoms with Gasteiger partial charge >= 0.3 is 0 Å². The molecule has 0 spiro atoms. The first-order chi connectivity index (χ1) is 15.8. The number of nitrogens with zero attached hydrogens (tertiary/aromatic N) is 3. The van der Waals surface area contributed by atoms with Gasteiger partial charge in [0.05, 0.1) is 12.3 Å². The maximum atomic E-state index is 15.3. The Kier molecular flexibility index (Phi) is 7.15. The molecule has 1 saturated heterocycles. The highest BCUT2D eigenvalue weighted by Crippen LogP contribution is 2.30. The Morgan fingerprint density at radius 1 is 0.909 bits per heavy atom. The third kappa shape index (κ3) is 5.62. The van der Waals surface area contributed by atoms with E-state index >= 15 is 4.39 Å². The van der Waals surface area contributed by atoms with Gasteiger partial charge in [0.25, 0.3) is 0 Å². The van der Waals surface area contributed by atoms with Crippen LogP contribution in [0.4, 0.5) is 15.8 Å². The van der Waals surface area contributed by atoms with Gasteiger partial charge in [0.2, 0.25) is 0 Å². The van der Waals surface area contributed by atoms with Gasteiger partial charge in [0.15, 0.2) is 14.9 Å². The number of hydrogen-bond donors (Lipinski definition) is 0. The van der Waals surface area contributed by atoms with Crippen LogP contribution in [0.5, 0.6) is 0 Å². The largest absolute Gasteiger partial charge is 0.415 e. The lowest BCUT2D eigenvalue weighted by Gasteiger charge is -2.37. The summed E-state index contributed by atoms with van der Waals surface area (Å²) in [6, 6.07) is 18.3. The van der Waals surface area contributed by atoms with Crippen LogP contribution in [0.15, 0.2) is 67.0 Å². The molecule has 2 aromatic carbocycles. The average molecular weight is 464 g/mol. The molecule has 3 aromatic rings. The third-order valence-electron chi connectivity index (χ3n) is 6.61. The molecule has 1 unspecified atom stereocenters. The van der Waals surface area contributed by atoms with Crippen molar-refractivity contribution < 1.29 is 8.82 Å². The lowest BCUT2D eigenvalue weighted by molar-refractivity contribution is 0.288. The molecule has 1 aromatic heterocycles. The third-order valence-corrected chi connectivity index (χ3v) is 9.72. The topological polar surface area (TPSA) is 28.6 Å². The first-order valence-electron chi connectivity index (χ1n) is 11.7. The standard InChI is InChI=1S/C27H34FN3OSi/c1-27(2,3)33(4)32-20-23-7-5-9-25(26(23)28)31-17-15-30(16-18-31)24-12-10-21(11-13-24)22-8-6-14-29-19-22/h5-14,19,33H,15-18,20H2,1-4H3. The predicted molar refractivity (Wildman–Crippen MR) is 138 cm³/mol. The quantitative estimate of drug-likeness (QED) is 0.427. The molecular weight excluding hydrogens is 429 g/mol. The second-order valence-electron chi connectivity index (χ2n) is 9.83. The number of anilines is 2. The second-order valence-corrected chi connectivity index (χ2v) is 13.2. The second kappa shape index (κ2) is 10.1. The Morgan fingerprint density at radius 2 is 1.61 bits per heavy atom. The number of benzene rings is 2. The van der Waals surface area contributed by atoms with Gasteiger partial charge in [0.1, 0.15) is 0 Å². The van der Waals surface area contributed by atoms with E-state index in [1.165, 1.54) is 5.69 Å². The molecule has 174 valence electrons. The number of pyridine rings is 1. The molecule has 1 aliphatic rings. The molecule has 1 aliphatic heterocycles. The summed E-state index contributed by atoms with van der Waals surface area (Å²) in [6.07, 6.45) is 3.67. The normalized spacial score (nSPS) is 15.5. The number of rotatable bonds is 6. The Morgan fingerprint density at radius 3 is 2.24 bits per heavy atom. The Hall–Kier alpha value is -2.70. The van der Waals surface area contributed by atoms with E-state index in [0.717, 1.165) is 37.3 Å². The Labute approximate surface area is 198 Å². The van der Waals surface area contributed by atoms with Gasteiger partial charge < -0.3 is 14.2 Å². The van der Waals surface area contributed by atoms with E-state index in [1.807, 2.05) is 30.5 Å². The zero-order valence-electron chi connectivity index (χ0n) is 20.1. The summed E-state index contributed by atoms with van der Waals surface area (Å²) >= 11 is 0. The summed E-state index contributed by atoms with van der Waals surface area (Å²) < 4.78 is 21.4. The molecule has 0 amide bonds. The van der Waals surface area contributed by atoms with E-state index in [4.69, 9.17) is 4.43 Å². The first-order valence-corrected chi connectivity index (χ1v) is 13.9. The van der Waals surface area contributed by atoms with Crippen molar-refractivity contribution in [3.63, 3.8) is 0 Å². The van der Waals surface area contributed by atoms with Crippen LogP contribution >= 0.6 is 0 Å². The summed E-state index contributed by atoms with van der Waals surface area (Å²) in [7, 11) is -1.39. The lowest BCUT2D eigenvalue weighted by atomic mass is 10.1. The molecule has 4 rings (SSSR count). The van der Waals surface area contributed by atoms with Crippen molar-refractivity contribution in [2.45, 2.75) is 39.0 Å². The molecule has 0 N–H and O–H groups in total. The fourth-order valence-corrected chi connectivity index (χ4v) is 4.92. The van der Waals surface area contributed by atoms with E-state index in [0.29, 0.717) is 17.9 Å². The maximum absolute atomic E-state index is 15.3. The van der Waals surface area contributed by atoms with Crippen LogP contribution in [0.3, 0.4) is 0 Å². The zero-order valence-corrected chi connectivity index (χ0v) is 21.2. The molecular formula is C27H34FN3OSi.